The number of hydrogen-bond donors (Lipinski definition) is 2. The zero-order valence-corrected chi connectivity index (χ0v) is 10.9. The highest BCUT2D eigenvalue weighted by Crippen LogP contribution is 2.18. The van der Waals surface area contributed by atoms with Crippen LogP contribution in [0, 0.1) is 11.6 Å². The summed E-state index contributed by atoms with van der Waals surface area (Å²) < 4.78 is 26.8. The molecular formula is C14H10ClF2NO2. The van der Waals surface area contributed by atoms with Gasteiger partial charge >= 0.3 is 5.97 Å². The summed E-state index contributed by atoms with van der Waals surface area (Å²) in [6.45, 7) is 0.133. The molecule has 0 heterocycles. The Labute approximate surface area is 118 Å². The Morgan fingerprint density at radius 3 is 2.55 bits per heavy atom. The van der Waals surface area contributed by atoms with Crippen LogP contribution in [0.25, 0.3) is 0 Å². The third-order valence-electron chi connectivity index (χ3n) is 2.69. The molecule has 0 saturated carbocycles. The molecule has 2 N–H and O–H groups in total. The van der Waals surface area contributed by atoms with Crippen LogP contribution in [0.2, 0.25) is 5.02 Å². The second kappa shape index (κ2) is 5.88. The smallest absolute Gasteiger partial charge is 0.338 e. The lowest BCUT2D eigenvalue weighted by Gasteiger charge is -2.09. The van der Waals surface area contributed by atoms with Crippen molar-refractivity contribution in [3.63, 3.8) is 0 Å². The number of anilines is 1. The van der Waals surface area contributed by atoms with Crippen LogP contribution in [0.3, 0.4) is 0 Å². The average molecular weight is 298 g/mol. The van der Waals surface area contributed by atoms with E-state index in [4.69, 9.17) is 16.7 Å². The Hall–Kier alpha value is -2.14. The summed E-state index contributed by atoms with van der Waals surface area (Å²) in [6, 6.07) is 7.85. The van der Waals surface area contributed by atoms with Crippen molar-refractivity contribution in [3.05, 3.63) is 64.2 Å². The molecule has 6 heteroatoms. The van der Waals surface area contributed by atoms with E-state index in [0.29, 0.717) is 16.3 Å². The van der Waals surface area contributed by atoms with E-state index in [9.17, 15) is 13.6 Å². The predicted octanol–water partition coefficient (Wildman–Crippen LogP) is 3.93. The lowest BCUT2D eigenvalue weighted by Crippen LogP contribution is -2.05. The molecule has 0 fully saturated rings. The molecule has 2 aromatic carbocycles. The summed E-state index contributed by atoms with van der Waals surface area (Å²) in [6.07, 6.45) is 0. The number of benzene rings is 2. The van der Waals surface area contributed by atoms with Crippen LogP contribution < -0.4 is 5.32 Å². The number of nitrogens with one attached hydrogen (secondary N) is 1. The number of hydrogen-bond acceptors (Lipinski definition) is 2. The summed E-state index contributed by atoms with van der Waals surface area (Å²) in [5.41, 5.74) is 0.320. The van der Waals surface area contributed by atoms with Gasteiger partial charge in [0.25, 0.3) is 0 Å². The van der Waals surface area contributed by atoms with E-state index < -0.39 is 23.2 Å². The van der Waals surface area contributed by atoms with Gasteiger partial charge in [0, 0.05) is 22.8 Å². The number of halogens is 3. The van der Waals surface area contributed by atoms with Gasteiger partial charge in [0.2, 0.25) is 0 Å². The molecule has 0 unspecified atom stereocenters. The summed E-state index contributed by atoms with van der Waals surface area (Å²) in [5.74, 6) is -2.64. The van der Waals surface area contributed by atoms with E-state index in [0.717, 1.165) is 12.1 Å². The Morgan fingerprint density at radius 1 is 1.15 bits per heavy atom. The van der Waals surface area contributed by atoms with Crippen LogP contribution in [0.15, 0.2) is 36.4 Å². The Kier molecular flexibility index (Phi) is 4.20. The predicted molar refractivity (Wildman–Crippen MR) is 72.1 cm³/mol. The lowest BCUT2D eigenvalue weighted by atomic mass is 10.1. The Morgan fingerprint density at radius 2 is 1.90 bits per heavy atom. The normalized spacial score (nSPS) is 10.3. The quantitative estimate of drug-likeness (QED) is 0.899. The molecule has 0 spiro atoms. The first kappa shape index (κ1) is 14.3. The van der Waals surface area contributed by atoms with E-state index >= 15 is 0 Å². The van der Waals surface area contributed by atoms with Crippen LogP contribution in [0.4, 0.5) is 14.5 Å². The zero-order valence-electron chi connectivity index (χ0n) is 10.2. The maximum absolute atomic E-state index is 13.5. The molecule has 0 amide bonds. The highest BCUT2D eigenvalue weighted by Gasteiger charge is 2.11. The van der Waals surface area contributed by atoms with Crippen molar-refractivity contribution in [2.75, 3.05) is 5.32 Å². The lowest BCUT2D eigenvalue weighted by molar-refractivity contribution is 0.0692. The van der Waals surface area contributed by atoms with Crippen molar-refractivity contribution in [1.29, 1.82) is 0 Å². The number of carboxylic acid groups (broad SMARTS) is 1. The van der Waals surface area contributed by atoms with E-state index in [1.165, 1.54) is 18.2 Å². The van der Waals surface area contributed by atoms with Gasteiger partial charge < -0.3 is 10.4 Å². The monoisotopic (exact) mass is 297 g/mol. The first-order chi connectivity index (χ1) is 9.47. The van der Waals surface area contributed by atoms with Gasteiger partial charge in [0.1, 0.15) is 11.6 Å². The topological polar surface area (TPSA) is 49.3 Å². The molecule has 0 bridgehead atoms. The SMILES string of the molecule is O=C(O)c1cc(NCc2ccc(Cl)cc2F)ccc1F. The summed E-state index contributed by atoms with van der Waals surface area (Å²) >= 11 is 5.64. The molecule has 2 aromatic rings. The first-order valence-corrected chi connectivity index (χ1v) is 6.06. The minimum atomic E-state index is -1.36. The second-order valence-corrected chi connectivity index (χ2v) is 4.53. The fourth-order valence-electron chi connectivity index (χ4n) is 1.66. The first-order valence-electron chi connectivity index (χ1n) is 5.68. The number of carboxylic acids is 1. The van der Waals surface area contributed by atoms with Crippen molar-refractivity contribution in [2.24, 2.45) is 0 Å². The molecule has 0 aliphatic carbocycles. The highest BCUT2D eigenvalue weighted by molar-refractivity contribution is 6.30. The standard InChI is InChI=1S/C14H10ClF2NO2/c15-9-2-1-8(13(17)5-9)7-18-10-3-4-12(16)11(6-10)14(19)20/h1-6,18H,7H2,(H,19,20). The van der Waals surface area contributed by atoms with Gasteiger partial charge in [-0.3, -0.25) is 0 Å². The van der Waals surface area contributed by atoms with Crippen LogP contribution in [0.5, 0.6) is 0 Å². The van der Waals surface area contributed by atoms with Crippen molar-refractivity contribution in [1.82, 2.24) is 0 Å². The minimum Gasteiger partial charge on any atom is -0.478 e. The third-order valence-corrected chi connectivity index (χ3v) is 2.93. The molecule has 0 radical (unpaired) electrons. The molecule has 3 nitrogen and oxygen atoms in total. The van der Waals surface area contributed by atoms with Gasteiger partial charge in [-0.1, -0.05) is 17.7 Å². The number of aromatic carboxylic acids is 1. The van der Waals surface area contributed by atoms with Crippen molar-refractivity contribution in [3.8, 4) is 0 Å². The summed E-state index contributed by atoms with van der Waals surface area (Å²) in [7, 11) is 0. The van der Waals surface area contributed by atoms with Crippen molar-refractivity contribution < 1.29 is 18.7 Å². The third kappa shape index (κ3) is 3.24. The van der Waals surface area contributed by atoms with Gasteiger partial charge in [-0.15, -0.1) is 0 Å². The van der Waals surface area contributed by atoms with E-state index in [1.807, 2.05) is 0 Å². The maximum atomic E-state index is 13.5. The van der Waals surface area contributed by atoms with Gasteiger partial charge in [-0.05, 0) is 30.3 Å². The molecule has 20 heavy (non-hydrogen) atoms. The van der Waals surface area contributed by atoms with E-state index in [-0.39, 0.29) is 6.54 Å². The minimum absolute atomic E-state index is 0.133. The molecule has 0 aliphatic rings. The average Bonchev–Trinajstić information content (AvgIpc) is 2.39. The molecular weight excluding hydrogens is 288 g/mol. The van der Waals surface area contributed by atoms with Gasteiger partial charge in [-0.2, -0.15) is 0 Å². The number of carbonyl (C=O) groups is 1. The highest BCUT2D eigenvalue weighted by atomic mass is 35.5. The zero-order chi connectivity index (χ0) is 14.7. The summed E-state index contributed by atoms with van der Waals surface area (Å²) in [4.78, 5) is 10.8. The van der Waals surface area contributed by atoms with Crippen LogP contribution in [-0.4, -0.2) is 11.1 Å². The van der Waals surface area contributed by atoms with Crippen LogP contribution in [0.1, 0.15) is 15.9 Å². The molecule has 2 rings (SSSR count). The Balaban J connectivity index is 2.15. The second-order valence-electron chi connectivity index (χ2n) is 4.09. The molecule has 104 valence electrons. The fraction of sp³-hybridized carbons (Fsp3) is 0.0714. The molecule has 0 saturated heterocycles. The van der Waals surface area contributed by atoms with E-state index in [2.05, 4.69) is 5.32 Å². The molecule has 0 atom stereocenters. The van der Waals surface area contributed by atoms with Gasteiger partial charge in [-0.25, -0.2) is 13.6 Å². The molecule has 0 aromatic heterocycles. The Bertz CT molecular complexity index is 662. The number of rotatable bonds is 4. The van der Waals surface area contributed by atoms with E-state index in [1.54, 1.807) is 6.07 Å². The fourth-order valence-corrected chi connectivity index (χ4v) is 1.82. The van der Waals surface area contributed by atoms with Gasteiger partial charge in [0.05, 0.1) is 5.56 Å². The van der Waals surface area contributed by atoms with Crippen LogP contribution >= 0.6 is 11.6 Å². The molecule has 0 aliphatic heterocycles. The van der Waals surface area contributed by atoms with Crippen molar-refractivity contribution in [2.45, 2.75) is 6.54 Å². The van der Waals surface area contributed by atoms with Crippen molar-refractivity contribution >= 4 is 23.3 Å². The van der Waals surface area contributed by atoms with Crippen LogP contribution in [-0.2, 0) is 6.54 Å². The maximum Gasteiger partial charge on any atom is 0.338 e. The summed E-state index contributed by atoms with van der Waals surface area (Å²) in [5, 5.41) is 11.9. The largest absolute Gasteiger partial charge is 0.478 e. The van der Waals surface area contributed by atoms with Gasteiger partial charge in [0.15, 0.2) is 0 Å².